The van der Waals surface area contributed by atoms with Crippen LogP contribution >= 0.6 is 23.4 Å². The molecule has 7 heteroatoms. The van der Waals surface area contributed by atoms with Crippen molar-refractivity contribution in [1.82, 2.24) is 4.98 Å². The second-order valence-electron chi connectivity index (χ2n) is 6.72. The second kappa shape index (κ2) is 7.76. The maximum atomic E-state index is 9.65. The van der Waals surface area contributed by atoms with Crippen molar-refractivity contribution in [3.63, 3.8) is 0 Å². The van der Waals surface area contributed by atoms with Gasteiger partial charge >= 0.3 is 0 Å². The van der Waals surface area contributed by atoms with Crippen LogP contribution in [0.5, 0.6) is 0 Å². The summed E-state index contributed by atoms with van der Waals surface area (Å²) in [6.45, 7) is 3.68. The summed E-state index contributed by atoms with van der Waals surface area (Å²) in [6, 6.07) is 15.6. The molecule has 1 aliphatic rings. The van der Waals surface area contributed by atoms with E-state index in [2.05, 4.69) is 17.1 Å². The number of nitriles is 2. The molecule has 4 rings (SSSR count). The number of nitrogens with two attached hydrogens (primary N) is 1. The van der Waals surface area contributed by atoms with Crippen LogP contribution < -0.4 is 5.73 Å². The molecular weight excluding hydrogens is 416 g/mol. The third-order valence-electron chi connectivity index (χ3n) is 4.90. The maximum absolute atomic E-state index is 9.65. The highest BCUT2D eigenvalue weighted by Gasteiger charge is 2.29. The van der Waals surface area contributed by atoms with Gasteiger partial charge in [-0.3, -0.25) is 0 Å². The Morgan fingerprint density at radius 3 is 2.50 bits per heavy atom. The minimum absolute atomic E-state index is 0.134. The first-order chi connectivity index (χ1) is 14.4. The third kappa shape index (κ3) is 3.37. The maximum Gasteiger partial charge on any atom is 0.165 e. The standard InChI is InChI=1S/C23H15ClN4OS/c1-12-17(21-13(2)19(11-26)23(27)28-22(21)18(12)10-25)9-15-5-8-20(29-15)30-16-6-3-14(24)4-7-16/h3-9H,1-2H3,(H2,27,28)/b17-9-. The zero-order valence-corrected chi connectivity index (χ0v) is 17.7. The predicted molar refractivity (Wildman–Crippen MR) is 118 cm³/mol. The summed E-state index contributed by atoms with van der Waals surface area (Å²) in [5.74, 6) is 0.774. The van der Waals surface area contributed by atoms with E-state index in [1.807, 2.05) is 56.3 Å². The average Bonchev–Trinajstić information content (AvgIpc) is 3.26. The number of hydrogen-bond acceptors (Lipinski definition) is 6. The molecule has 0 saturated carbocycles. The van der Waals surface area contributed by atoms with E-state index in [0.717, 1.165) is 26.7 Å². The lowest BCUT2D eigenvalue weighted by atomic mass is 9.96. The molecule has 0 unspecified atom stereocenters. The van der Waals surface area contributed by atoms with Gasteiger partial charge in [0.25, 0.3) is 0 Å². The summed E-state index contributed by atoms with van der Waals surface area (Å²) >= 11 is 7.42. The van der Waals surface area contributed by atoms with E-state index in [0.29, 0.717) is 33.2 Å². The molecule has 1 aliphatic carbocycles. The summed E-state index contributed by atoms with van der Waals surface area (Å²) in [6.07, 6.45) is 1.87. The Labute approximate surface area is 183 Å². The number of halogens is 1. The predicted octanol–water partition coefficient (Wildman–Crippen LogP) is 6.09. The number of hydrogen-bond donors (Lipinski definition) is 1. The largest absolute Gasteiger partial charge is 0.450 e. The molecule has 0 radical (unpaired) electrons. The highest BCUT2D eigenvalue weighted by atomic mass is 35.5. The third-order valence-corrected chi connectivity index (χ3v) is 6.09. The van der Waals surface area contributed by atoms with Crippen molar-refractivity contribution in [2.45, 2.75) is 23.8 Å². The van der Waals surface area contributed by atoms with Crippen molar-refractivity contribution in [3.8, 4) is 12.1 Å². The van der Waals surface area contributed by atoms with Gasteiger partial charge in [0.05, 0.1) is 16.8 Å². The van der Waals surface area contributed by atoms with Gasteiger partial charge in [0, 0.05) is 15.5 Å². The van der Waals surface area contributed by atoms with Crippen LogP contribution in [0.1, 0.15) is 35.1 Å². The van der Waals surface area contributed by atoms with Crippen LogP contribution in [-0.2, 0) is 0 Å². The zero-order valence-electron chi connectivity index (χ0n) is 16.2. The molecule has 0 amide bonds. The Balaban J connectivity index is 1.76. The molecule has 0 aliphatic heterocycles. The minimum Gasteiger partial charge on any atom is -0.450 e. The number of nitrogen functional groups attached to an aromatic ring is 1. The van der Waals surface area contributed by atoms with Gasteiger partial charge in [0.1, 0.15) is 23.7 Å². The highest BCUT2D eigenvalue weighted by molar-refractivity contribution is 7.99. The smallest absolute Gasteiger partial charge is 0.165 e. The molecule has 2 aromatic heterocycles. The van der Waals surface area contributed by atoms with E-state index < -0.39 is 0 Å². The van der Waals surface area contributed by atoms with Gasteiger partial charge in [-0.25, -0.2) is 4.98 Å². The average molecular weight is 431 g/mol. The van der Waals surface area contributed by atoms with Gasteiger partial charge in [-0.1, -0.05) is 23.4 Å². The van der Waals surface area contributed by atoms with Crippen LogP contribution in [-0.4, -0.2) is 4.98 Å². The summed E-state index contributed by atoms with van der Waals surface area (Å²) < 4.78 is 5.97. The van der Waals surface area contributed by atoms with Crippen LogP contribution in [0.25, 0.3) is 17.2 Å². The monoisotopic (exact) mass is 430 g/mol. The fourth-order valence-electron chi connectivity index (χ4n) is 3.42. The number of allylic oxidation sites excluding steroid dienone is 3. The molecule has 2 heterocycles. The topological polar surface area (TPSA) is 99.6 Å². The fourth-order valence-corrected chi connectivity index (χ4v) is 4.33. The minimum atomic E-state index is 0.134. The Morgan fingerprint density at radius 2 is 1.83 bits per heavy atom. The van der Waals surface area contributed by atoms with Crippen molar-refractivity contribution >= 4 is 46.4 Å². The van der Waals surface area contributed by atoms with E-state index in [1.54, 1.807) is 0 Å². The van der Waals surface area contributed by atoms with Gasteiger partial charge in [-0.05, 0) is 73.0 Å². The SMILES string of the molecule is CC1=C(C#N)c2nc(N)c(C#N)c(C)c2/C1=C\c1ccc(Sc2ccc(Cl)cc2)o1. The first-order valence-corrected chi connectivity index (χ1v) is 10.2. The number of benzene rings is 1. The highest BCUT2D eigenvalue weighted by Crippen LogP contribution is 2.44. The fraction of sp³-hybridized carbons (Fsp3) is 0.0870. The molecule has 3 aromatic rings. The van der Waals surface area contributed by atoms with Gasteiger partial charge < -0.3 is 10.2 Å². The number of aromatic nitrogens is 1. The van der Waals surface area contributed by atoms with E-state index in [9.17, 15) is 10.5 Å². The number of pyridine rings is 1. The Bertz CT molecular complexity index is 1320. The number of furan rings is 1. The van der Waals surface area contributed by atoms with Gasteiger partial charge in [-0.15, -0.1) is 0 Å². The Kier molecular flexibility index (Phi) is 5.13. The van der Waals surface area contributed by atoms with E-state index in [1.165, 1.54) is 11.8 Å². The number of nitrogens with zero attached hydrogens (tertiary/aromatic N) is 3. The summed E-state index contributed by atoms with van der Waals surface area (Å²) in [5.41, 5.74) is 10.3. The lowest BCUT2D eigenvalue weighted by Crippen LogP contribution is -2.03. The lowest BCUT2D eigenvalue weighted by molar-refractivity contribution is 0.466. The van der Waals surface area contributed by atoms with E-state index in [-0.39, 0.29) is 5.82 Å². The van der Waals surface area contributed by atoms with Crippen molar-refractivity contribution < 1.29 is 4.42 Å². The van der Waals surface area contributed by atoms with Crippen LogP contribution in [0.2, 0.25) is 5.02 Å². The first kappa shape index (κ1) is 19.8. The molecule has 30 heavy (non-hydrogen) atoms. The Hall–Kier alpha value is -3.45. The molecule has 0 spiro atoms. The second-order valence-corrected chi connectivity index (χ2v) is 8.23. The normalized spacial score (nSPS) is 14.0. The number of rotatable bonds is 3. The molecule has 2 N–H and O–H groups in total. The molecule has 0 atom stereocenters. The number of anilines is 1. The van der Waals surface area contributed by atoms with E-state index >= 15 is 0 Å². The summed E-state index contributed by atoms with van der Waals surface area (Å²) in [7, 11) is 0. The zero-order chi connectivity index (χ0) is 21.4. The van der Waals surface area contributed by atoms with Crippen molar-refractivity contribution in [1.29, 1.82) is 10.5 Å². The summed E-state index contributed by atoms with van der Waals surface area (Å²) in [4.78, 5) is 5.35. The molecule has 0 saturated heterocycles. The van der Waals surface area contributed by atoms with E-state index in [4.69, 9.17) is 21.8 Å². The number of fused-ring (bicyclic) bond motifs is 1. The van der Waals surface area contributed by atoms with Crippen LogP contribution in [0, 0.1) is 29.6 Å². The first-order valence-electron chi connectivity index (χ1n) is 9.00. The molecule has 1 aromatic carbocycles. The van der Waals surface area contributed by atoms with Crippen LogP contribution in [0.3, 0.4) is 0 Å². The van der Waals surface area contributed by atoms with Gasteiger partial charge in [-0.2, -0.15) is 10.5 Å². The van der Waals surface area contributed by atoms with Crippen molar-refractivity contribution in [2.75, 3.05) is 5.73 Å². The molecular formula is C23H15ClN4OS. The van der Waals surface area contributed by atoms with Crippen LogP contribution in [0.4, 0.5) is 5.82 Å². The molecule has 0 fully saturated rings. The molecule has 5 nitrogen and oxygen atoms in total. The van der Waals surface area contributed by atoms with Crippen molar-refractivity contribution in [3.05, 3.63) is 75.1 Å². The Morgan fingerprint density at radius 1 is 1.10 bits per heavy atom. The molecule has 0 bridgehead atoms. The summed E-state index contributed by atoms with van der Waals surface area (Å²) in [5, 5.41) is 20.5. The van der Waals surface area contributed by atoms with Gasteiger partial charge in [0.2, 0.25) is 0 Å². The lowest BCUT2D eigenvalue weighted by Gasteiger charge is -2.10. The van der Waals surface area contributed by atoms with Crippen molar-refractivity contribution in [2.24, 2.45) is 0 Å². The van der Waals surface area contributed by atoms with Crippen LogP contribution in [0.15, 0.2) is 56.4 Å². The molecule has 146 valence electrons. The van der Waals surface area contributed by atoms with Gasteiger partial charge in [0.15, 0.2) is 5.09 Å². The quantitative estimate of drug-likeness (QED) is 0.539.